The second kappa shape index (κ2) is 4.84. The van der Waals surface area contributed by atoms with Gasteiger partial charge in [-0.2, -0.15) is 4.80 Å². The Labute approximate surface area is 91.6 Å². The zero-order valence-electron chi connectivity index (χ0n) is 8.65. The minimum atomic E-state index is -0.825. The van der Waals surface area contributed by atoms with Crippen molar-refractivity contribution in [3.8, 4) is 0 Å². The molecule has 0 aliphatic rings. The second-order valence-electron chi connectivity index (χ2n) is 3.06. The van der Waals surface area contributed by atoms with E-state index < -0.39 is 6.29 Å². The van der Waals surface area contributed by atoms with Gasteiger partial charge >= 0.3 is 0 Å². The van der Waals surface area contributed by atoms with E-state index in [1.807, 2.05) is 24.3 Å². The number of methoxy groups -OCH3 is 1. The van der Waals surface area contributed by atoms with Crippen LogP contribution in [0.1, 0.15) is 0 Å². The van der Waals surface area contributed by atoms with E-state index in [4.69, 9.17) is 9.99 Å². The highest BCUT2D eigenvalue weighted by Gasteiger charge is 2.02. The Morgan fingerprint density at radius 2 is 1.94 bits per heavy atom. The third kappa shape index (κ3) is 2.25. The number of hydrogen-bond acceptors (Lipinski definition) is 5. The molecule has 1 atom stereocenters. The van der Waals surface area contributed by atoms with Crippen LogP contribution in [0.25, 0.3) is 17.2 Å². The molecule has 0 aliphatic carbocycles. The van der Waals surface area contributed by atoms with E-state index >= 15 is 0 Å². The maximum atomic E-state index is 8.42. The fourth-order valence-corrected chi connectivity index (χ4v) is 1.25. The molecule has 2 aromatic rings. The van der Waals surface area contributed by atoms with Gasteiger partial charge < -0.3 is 4.74 Å². The Hall–Kier alpha value is -1.76. The third-order valence-electron chi connectivity index (χ3n) is 2.01. The molecule has 0 bridgehead atoms. The van der Waals surface area contributed by atoms with Gasteiger partial charge in [0, 0.05) is 7.11 Å². The van der Waals surface area contributed by atoms with Crippen molar-refractivity contribution in [2.45, 2.75) is 6.29 Å². The van der Waals surface area contributed by atoms with Crippen molar-refractivity contribution >= 4 is 17.2 Å². The molecule has 0 aliphatic heterocycles. The van der Waals surface area contributed by atoms with Crippen LogP contribution in [0.4, 0.5) is 0 Å². The summed E-state index contributed by atoms with van der Waals surface area (Å²) in [6, 6.07) is 7.51. The predicted octanol–water partition coefficient (Wildman–Crippen LogP) is 1.36. The topological polar surface area (TPSA) is 69.4 Å². The van der Waals surface area contributed by atoms with Crippen LogP contribution in [0.15, 0.2) is 30.3 Å². The molecule has 6 heteroatoms. The number of nitrogens with zero attached hydrogens (tertiary/aromatic N) is 3. The standard InChI is InChI=1S/C10H11N3O3/c1-15-10(16-14)6-7-13-11-8-4-2-3-5-9(8)12-13/h2-7,10,14H,1H3/b7-6-. The summed E-state index contributed by atoms with van der Waals surface area (Å²) in [5.41, 5.74) is 1.59. The van der Waals surface area contributed by atoms with Crippen LogP contribution in [-0.4, -0.2) is 33.7 Å². The number of rotatable bonds is 4. The van der Waals surface area contributed by atoms with Crippen LogP contribution in [0.2, 0.25) is 0 Å². The molecular weight excluding hydrogens is 210 g/mol. The van der Waals surface area contributed by atoms with Gasteiger partial charge in [0.25, 0.3) is 0 Å². The lowest BCUT2D eigenvalue weighted by atomic mass is 10.3. The summed E-state index contributed by atoms with van der Waals surface area (Å²) in [5, 5.41) is 16.8. The molecule has 1 heterocycles. The van der Waals surface area contributed by atoms with E-state index in [1.165, 1.54) is 18.0 Å². The Morgan fingerprint density at radius 1 is 1.31 bits per heavy atom. The van der Waals surface area contributed by atoms with Crippen LogP contribution in [0.5, 0.6) is 0 Å². The maximum absolute atomic E-state index is 8.42. The van der Waals surface area contributed by atoms with E-state index in [9.17, 15) is 0 Å². The lowest BCUT2D eigenvalue weighted by molar-refractivity contribution is -0.323. The molecule has 0 spiro atoms. The summed E-state index contributed by atoms with van der Waals surface area (Å²) >= 11 is 0. The molecule has 1 unspecified atom stereocenters. The zero-order valence-corrected chi connectivity index (χ0v) is 8.65. The molecule has 0 saturated carbocycles. The van der Waals surface area contributed by atoms with Crippen molar-refractivity contribution < 1.29 is 14.9 Å². The molecule has 1 N–H and O–H groups in total. The summed E-state index contributed by atoms with van der Waals surface area (Å²) in [5.74, 6) is 0. The van der Waals surface area contributed by atoms with Crippen LogP contribution in [0, 0.1) is 0 Å². The molecular formula is C10H11N3O3. The molecule has 0 radical (unpaired) electrons. The van der Waals surface area contributed by atoms with Gasteiger partial charge in [0.15, 0.2) is 0 Å². The van der Waals surface area contributed by atoms with Gasteiger partial charge in [0.2, 0.25) is 6.29 Å². The van der Waals surface area contributed by atoms with Gasteiger partial charge in [0.1, 0.15) is 11.0 Å². The summed E-state index contributed by atoms with van der Waals surface area (Å²) < 4.78 is 4.77. The van der Waals surface area contributed by atoms with Crippen molar-refractivity contribution in [2.24, 2.45) is 0 Å². The SMILES string of the molecule is COC(/C=C\n1nc2ccccc2n1)OO. The van der Waals surface area contributed by atoms with Crippen molar-refractivity contribution in [1.29, 1.82) is 0 Å². The van der Waals surface area contributed by atoms with Crippen LogP contribution in [0.3, 0.4) is 0 Å². The van der Waals surface area contributed by atoms with Gasteiger partial charge in [-0.15, -0.1) is 10.2 Å². The average Bonchev–Trinajstić information content (AvgIpc) is 2.73. The number of benzene rings is 1. The first-order chi connectivity index (χ1) is 7.83. The third-order valence-corrected chi connectivity index (χ3v) is 2.01. The lowest BCUT2D eigenvalue weighted by Crippen LogP contribution is -2.09. The molecule has 0 fully saturated rings. The van der Waals surface area contributed by atoms with Gasteiger partial charge in [0.05, 0.1) is 6.20 Å². The molecule has 6 nitrogen and oxygen atoms in total. The first-order valence-corrected chi connectivity index (χ1v) is 4.66. The monoisotopic (exact) mass is 221 g/mol. The Balaban J connectivity index is 2.21. The number of fused-ring (bicyclic) bond motifs is 1. The number of ether oxygens (including phenoxy) is 1. The van der Waals surface area contributed by atoms with E-state index in [0.717, 1.165) is 11.0 Å². The van der Waals surface area contributed by atoms with Crippen LogP contribution < -0.4 is 0 Å². The lowest BCUT2D eigenvalue weighted by Gasteiger charge is -2.03. The highest BCUT2D eigenvalue weighted by atomic mass is 17.1. The predicted molar refractivity (Wildman–Crippen MR) is 57.4 cm³/mol. The molecule has 16 heavy (non-hydrogen) atoms. The Morgan fingerprint density at radius 3 is 2.44 bits per heavy atom. The van der Waals surface area contributed by atoms with Gasteiger partial charge in [-0.3, -0.25) is 0 Å². The van der Waals surface area contributed by atoms with Crippen molar-refractivity contribution in [3.05, 3.63) is 30.3 Å². The zero-order chi connectivity index (χ0) is 11.4. The summed E-state index contributed by atoms with van der Waals surface area (Å²) in [6.07, 6.45) is 2.21. The van der Waals surface area contributed by atoms with Crippen LogP contribution in [-0.2, 0) is 9.62 Å². The fourth-order valence-electron chi connectivity index (χ4n) is 1.25. The first kappa shape index (κ1) is 10.7. The van der Waals surface area contributed by atoms with Crippen molar-refractivity contribution in [2.75, 3.05) is 7.11 Å². The van der Waals surface area contributed by atoms with Gasteiger partial charge in [-0.05, 0) is 18.2 Å². The maximum Gasteiger partial charge on any atom is 0.211 e. The molecule has 0 saturated heterocycles. The van der Waals surface area contributed by atoms with Gasteiger partial charge in [-0.1, -0.05) is 12.1 Å². The molecule has 84 valence electrons. The Kier molecular flexibility index (Phi) is 3.25. The Bertz CT molecular complexity index is 458. The van der Waals surface area contributed by atoms with E-state index in [2.05, 4.69) is 15.1 Å². The van der Waals surface area contributed by atoms with Gasteiger partial charge in [-0.25, -0.2) is 10.1 Å². The molecule has 1 aromatic heterocycles. The number of hydrogen-bond donors (Lipinski definition) is 1. The molecule has 2 rings (SSSR count). The average molecular weight is 221 g/mol. The second-order valence-corrected chi connectivity index (χ2v) is 3.06. The largest absolute Gasteiger partial charge is 0.350 e. The van der Waals surface area contributed by atoms with E-state index in [-0.39, 0.29) is 0 Å². The molecule has 1 aromatic carbocycles. The van der Waals surface area contributed by atoms with Crippen molar-refractivity contribution in [3.63, 3.8) is 0 Å². The first-order valence-electron chi connectivity index (χ1n) is 4.66. The fraction of sp³-hybridized carbons (Fsp3) is 0.200. The van der Waals surface area contributed by atoms with Crippen molar-refractivity contribution in [1.82, 2.24) is 15.0 Å². The quantitative estimate of drug-likeness (QED) is 0.479. The molecule has 0 amide bonds. The van der Waals surface area contributed by atoms with Crippen LogP contribution >= 0.6 is 0 Å². The summed E-state index contributed by atoms with van der Waals surface area (Å²) in [4.78, 5) is 5.40. The highest BCUT2D eigenvalue weighted by Crippen LogP contribution is 2.07. The highest BCUT2D eigenvalue weighted by molar-refractivity contribution is 5.73. The summed E-state index contributed by atoms with van der Waals surface area (Å²) in [6.45, 7) is 0. The minimum absolute atomic E-state index is 0.797. The normalized spacial score (nSPS) is 13.6. The summed E-state index contributed by atoms with van der Waals surface area (Å²) in [7, 11) is 1.41. The van der Waals surface area contributed by atoms with E-state index in [1.54, 1.807) is 6.20 Å². The smallest absolute Gasteiger partial charge is 0.211 e. The number of aromatic nitrogens is 3. The van der Waals surface area contributed by atoms with E-state index in [0.29, 0.717) is 0 Å². The minimum Gasteiger partial charge on any atom is -0.350 e.